The van der Waals surface area contributed by atoms with Crippen molar-refractivity contribution in [2.45, 2.75) is 36.4 Å². The number of pyridine rings is 1. The molecule has 0 saturated carbocycles. The number of rotatable bonds is 4. The first kappa shape index (κ1) is 20.7. The van der Waals surface area contributed by atoms with E-state index in [-0.39, 0.29) is 21.2 Å². The van der Waals surface area contributed by atoms with Gasteiger partial charge in [-0.05, 0) is 36.4 Å². The van der Waals surface area contributed by atoms with E-state index in [1.807, 2.05) is 0 Å². The second-order valence-corrected chi connectivity index (χ2v) is 8.35. The van der Waals surface area contributed by atoms with Crippen LogP contribution >= 0.6 is 11.8 Å². The summed E-state index contributed by atoms with van der Waals surface area (Å²) < 4.78 is 39.4. The molecule has 1 aliphatic rings. The van der Waals surface area contributed by atoms with Crippen molar-refractivity contribution in [1.29, 1.82) is 0 Å². The van der Waals surface area contributed by atoms with Crippen LogP contribution in [0.5, 0.6) is 0 Å². The highest BCUT2D eigenvalue weighted by Crippen LogP contribution is 2.40. The van der Waals surface area contributed by atoms with Crippen molar-refractivity contribution in [3.8, 4) is 0 Å². The molecule has 10 heteroatoms. The summed E-state index contributed by atoms with van der Waals surface area (Å²) in [5.41, 5.74) is 11.0. The molecular formula is C18H23F3N6S. The van der Waals surface area contributed by atoms with Crippen LogP contribution in [0.3, 0.4) is 0 Å². The van der Waals surface area contributed by atoms with E-state index in [1.54, 1.807) is 6.20 Å². The standard InChI is InChI=1S/C18H23F3N6S/c1-11-9-27(7-5-17(11,2)10-22)13-8-25-16(15(23)26-13)28-12-4-3-6-24-14(12)18(19,20)21/h3-4,6,8,11H,5,7,9-10,22H2,1-2H3,(H2,23,26)/t11-,17+/m0/s1. The fraction of sp³-hybridized carbons (Fsp3) is 0.500. The summed E-state index contributed by atoms with van der Waals surface area (Å²) in [5, 5.41) is 0.221. The van der Waals surface area contributed by atoms with Crippen molar-refractivity contribution in [2.75, 3.05) is 30.3 Å². The Kier molecular flexibility index (Phi) is 5.72. The summed E-state index contributed by atoms with van der Waals surface area (Å²) in [7, 11) is 0. The lowest BCUT2D eigenvalue weighted by Crippen LogP contribution is -2.48. The first-order valence-electron chi connectivity index (χ1n) is 8.91. The molecule has 4 N–H and O–H groups in total. The monoisotopic (exact) mass is 412 g/mol. The molecule has 6 nitrogen and oxygen atoms in total. The van der Waals surface area contributed by atoms with Gasteiger partial charge in [0.2, 0.25) is 0 Å². The minimum Gasteiger partial charge on any atom is -0.381 e. The van der Waals surface area contributed by atoms with Crippen molar-refractivity contribution < 1.29 is 13.2 Å². The van der Waals surface area contributed by atoms with Gasteiger partial charge >= 0.3 is 6.18 Å². The molecule has 2 atom stereocenters. The molecule has 2 aromatic heterocycles. The second kappa shape index (κ2) is 7.75. The average Bonchev–Trinajstić information content (AvgIpc) is 2.65. The van der Waals surface area contributed by atoms with Gasteiger partial charge in [-0.15, -0.1) is 0 Å². The molecule has 152 valence electrons. The summed E-state index contributed by atoms with van der Waals surface area (Å²) in [4.78, 5) is 14.1. The lowest BCUT2D eigenvalue weighted by molar-refractivity contribution is -0.143. The number of piperidine rings is 1. The number of halogens is 3. The third-order valence-electron chi connectivity index (χ3n) is 5.42. The lowest BCUT2D eigenvalue weighted by atomic mass is 9.73. The molecule has 1 aliphatic heterocycles. The maximum Gasteiger partial charge on any atom is 0.434 e. The molecular weight excluding hydrogens is 389 g/mol. The van der Waals surface area contributed by atoms with Gasteiger partial charge in [-0.2, -0.15) is 13.2 Å². The molecule has 1 saturated heterocycles. The number of hydrogen-bond donors (Lipinski definition) is 2. The van der Waals surface area contributed by atoms with Gasteiger partial charge in [-0.1, -0.05) is 25.6 Å². The van der Waals surface area contributed by atoms with Crippen molar-refractivity contribution in [3.05, 3.63) is 30.2 Å². The zero-order chi connectivity index (χ0) is 20.5. The van der Waals surface area contributed by atoms with Crippen molar-refractivity contribution in [3.63, 3.8) is 0 Å². The molecule has 2 aromatic rings. The molecule has 3 heterocycles. The number of aromatic nitrogens is 3. The number of anilines is 2. The molecule has 28 heavy (non-hydrogen) atoms. The fourth-order valence-corrected chi connectivity index (χ4v) is 4.07. The van der Waals surface area contributed by atoms with Gasteiger partial charge in [0.1, 0.15) is 10.8 Å². The van der Waals surface area contributed by atoms with Gasteiger partial charge < -0.3 is 16.4 Å². The third-order valence-corrected chi connectivity index (χ3v) is 6.48. The molecule has 0 bridgehead atoms. The van der Waals surface area contributed by atoms with E-state index in [2.05, 4.69) is 33.7 Å². The van der Waals surface area contributed by atoms with Gasteiger partial charge in [-0.25, -0.2) is 9.97 Å². The Hall–Kier alpha value is -2.07. The van der Waals surface area contributed by atoms with E-state index in [4.69, 9.17) is 11.5 Å². The predicted molar refractivity (Wildman–Crippen MR) is 103 cm³/mol. The Bertz CT molecular complexity index is 846. The molecule has 0 amide bonds. The quantitative estimate of drug-likeness (QED) is 0.794. The zero-order valence-corrected chi connectivity index (χ0v) is 16.5. The van der Waals surface area contributed by atoms with Crippen molar-refractivity contribution in [2.24, 2.45) is 17.1 Å². The van der Waals surface area contributed by atoms with Crippen LogP contribution in [0.2, 0.25) is 0 Å². The van der Waals surface area contributed by atoms with Gasteiger partial charge in [0.15, 0.2) is 11.5 Å². The zero-order valence-electron chi connectivity index (χ0n) is 15.7. The number of nitrogen functional groups attached to an aromatic ring is 1. The van der Waals surface area contributed by atoms with Gasteiger partial charge in [0, 0.05) is 24.2 Å². The summed E-state index contributed by atoms with van der Waals surface area (Å²) in [6.07, 6.45) is -0.962. The maximum atomic E-state index is 13.1. The fourth-order valence-electron chi connectivity index (χ4n) is 3.19. The van der Waals surface area contributed by atoms with Crippen LogP contribution in [-0.4, -0.2) is 34.6 Å². The molecule has 0 aromatic carbocycles. The highest BCUT2D eigenvalue weighted by Gasteiger charge is 2.37. The van der Waals surface area contributed by atoms with Crippen LogP contribution < -0.4 is 16.4 Å². The molecule has 0 radical (unpaired) electrons. The van der Waals surface area contributed by atoms with E-state index in [0.29, 0.717) is 18.3 Å². The first-order chi connectivity index (χ1) is 13.1. The van der Waals surface area contributed by atoms with Crippen molar-refractivity contribution in [1.82, 2.24) is 15.0 Å². The molecule has 0 unspecified atom stereocenters. The highest BCUT2D eigenvalue weighted by atomic mass is 32.2. The Morgan fingerprint density at radius 3 is 2.71 bits per heavy atom. The molecule has 3 rings (SSSR count). The van der Waals surface area contributed by atoms with Crippen LogP contribution in [0.15, 0.2) is 34.4 Å². The lowest BCUT2D eigenvalue weighted by Gasteiger charge is -2.44. The minimum atomic E-state index is -4.55. The number of hydrogen-bond acceptors (Lipinski definition) is 7. The smallest absolute Gasteiger partial charge is 0.381 e. The highest BCUT2D eigenvalue weighted by molar-refractivity contribution is 7.99. The summed E-state index contributed by atoms with van der Waals surface area (Å²) in [6.45, 7) is 6.51. The second-order valence-electron chi connectivity index (χ2n) is 7.32. The minimum absolute atomic E-state index is 0.0611. The van der Waals surface area contributed by atoms with E-state index in [1.165, 1.54) is 12.1 Å². The summed E-state index contributed by atoms with van der Waals surface area (Å²) in [5.74, 6) is 1.09. The predicted octanol–water partition coefficient (Wildman–Crippen LogP) is 3.44. The summed E-state index contributed by atoms with van der Waals surface area (Å²) in [6, 6.07) is 2.79. The topological polar surface area (TPSA) is 94.0 Å². The molecule has 0 aliphatic carbocycles. The summed E-state index contributed by atoms with van der Waals surface area (Å²) >= 11 is 0.811. The van der Waals surface area contributed by atoms with Crippen LogP contribution in [0, 0.1) is 11.3 Å². The first-order valence-corrected chi connectivity index (χ1v) is 9.73. The Labute approximate surface area is 165 Å². The molecule has 1 fully saturated rings. The Morgan fingerprint density at radius 2 is 2.11 bits per heavy atom. The normalized spacial score (nSPS) is 23.1. The van der Waals surface area contributed by atoms with Crippen molar-refractivity contribution >= 4 is 23.4 Å². The van der Waals surface area contributed by atoms with Crippen LogP contribution in [0.1, 0.15) is 26.0 Å². The number of nitrogens with zero attached hydrogens (tertiary/aromatic N) is 4. The maximum absolute atomic E-state index is 13.1. The Morgan fingerprint density at radius 1 is 1.36 bits per heavy atom. The van der Waals surface area contributed by atoms with E-state index >= 15 is 0 Å². The third kappa shape index (κ3) is 4.17. The SMILES string of the molecule is C[C@H]1CN(c2cnc(Sc3cccnc3C(F)(F)F)c(N)n2)CC[C@]1(C)CN. The van der Waals surface area contributed by atoms with Gasteiger partial charge in [0.05, 0.1) is 6.20 Å². The number of nitrogens with two attached hydrogens (primary N) is 2. The Balaban J connectivity index is 1.79. The van der Waals surface area contributed by atoms with Gasteiger partial charge in [-0.3, -0.25) is 4.98 Å². The molecule has 0 spiro atoms. The van der Waals surface area contributed by atoms with Gasteiger partial charge in [0.25, 0.3) is 0 Å². The average molecular weight is 412 g/mol. The largest absolute Gasteiger partial charge is 0.434 e. The van der Waals surface area contributed by atoms with E-state index < -0.39 is 11.9 Å². The number of alkyl halides is 3. The van der Waals surface area contributed by atoms with E-state index in [0.717, 1.165) is 37.5 Å². The van der Waals surface area contributed by atoms with Crippen LogP contribution in [0.25, 0.3) is 0 Å². The van der Waals surface area contributed by atoms with Crippen LogP contribution in [-0.2, 0) is 6.18 Å². The van der Waals surface area contributed by atoms with E-state index in [9.17, 15) is 13.2 Å². The van der Waals surface area contributed by atoms with Crippen LogP contribution in [0.4, 0.5) is 24.8 Å².